The summed E-state index contributed by atoms with van der Waals surface area (Å²) in [4.78, 5) is 14.8. The maximum absolute atomic E-state index is 13.6. The Kier molecular flexibility index (Phi) is 4.41. The molecule has 0 N–H and O–H groups in total. The molecule has 0 aliphatic carbocycles. The van der Waals surface area contributed by atoms with E-state index in [1.54, 1.807) is 24.3 Å². The molecule has 7 heteroatoms. The van der Waals surface area contributed by atoms with E-state index in [1.807, 2.05) is 6.07 Å². The van der Waals surface area contributed by atoms with E-state index in [0.29, 0.717) is 28.1 Å². The number of fused-ring (bicyclic) bond motifs is 1. The minimum absolute atomic E-state index is 0.0529. The first-order chi connectivity index (χ1) is 13.5. The standard InChI is InChI=1S/C21H12F2N2O3/c22-14-9-13(10-15(23)11-14)20-12-21(18-3-1-2-4-19(18)24-20)28-17-7-5-16(6-8-17)25(26)27/h1-12H. The van der Waals surface area contributed by atoms with Crippen molar-refractivity contribution in [3.8, 4) is 22.8 Å². The quantitative estimate of drug-likeness (QED) is 0.328. The van der Waals surface area contributed by atoms with Gasteiger partial charge in [-0.1, -0.05) is 12.1 Å². The third kappa shape index (κ3) is 3.50. The molecule has 0 fully saturated rings. The summed E-state index contributed by atoms with van der Waals surface area (Å²) < 4.78 is 33.1. The van der Waals surface area contributed by atoms with E-state index in [9.17, 15) is 18.9 Å². The summed E-state index contributed by atoms with van der Waals surface area (Å²) in [6.45, 7) is 0. The summed E-state index contributed by atoms with van der Waals surface area (Å²) in [5, 5.41) is 11.5. The van der Waals surface area contributed by atoms with Crippen molar-refractivity contribution in [1.29, 1.82) is 0 Å². The van der Waals surface area contributed by atoms with Gasteiger partial charge in [0.2, 0.25) is 0 Å². The summed E-state index contributed by atoms with van der Waals surface area (Å²) >= 11 is 0. The Morgan fingerprint density at radius 3 is 2.25 bits per heavy atom. The van der Waals surface area contributed by atoms with E-state index in [-0.39, 0.29) is 11.3 Å². The van der Waals surface area contributed by atoms with Crippen LogP contribution in [0.25, 0.3) is 22.2 Å². The van der Waals surface area contributed by atoms with Gasteiger partial charge in [-0.2, -0.15) is 0 Å². The van der Waals surface area contributed by atoms with Crippen LogP contribution in [0, 0.1) is 21.7 Å². The summed E-state index contributed by atoms with van der Waals surface area (Å²) in [6, 6.07) is 17.6. The van der Waals surface area contributed by atoms with Gasteiger partial charge in [0.05, 0.1) is 16.1 Å². The zero-order valence-electron chi connectivity index (χ0n) is 14.3. The van der Waals surface area contributed by atoms with Crippen molar-refractivity contribution in [2.24, 2.45) is 0 Å². The molecule has 0 saturated carbocycles. The molecule has 0 bridgehead atoms. The molecule has 0 radical (unpaired) electrons. The number of hydrogen-bond acceptors (Lipinski definition) is 4. The molecule has 3 aromatic carbocycles. The number of rotatable bonds is 4. The van der Waals surface area contributed by atoms with Crippen LogP contribution in [-0.4, -0.2) is 9.91 Å². The third-order valence-electron chi connectivity index (χ3n) is 4.11. The Morgan fingerprint density at radius 1 is 0.893 bits per heavy atom. The molecular formula is C21H12F2N2O3. The molecule has 0 amide bonds. The number of benzene rings is 3. The largest absolute Gasteiger partial charge is 0.457 e. The number of non-ortho nitro benzene ring substituents is 1. The highest BCUT2D eigenvalue weighted by Gasteiger charge is 2.12. The summed E-state index contributed by atoms with van der Waals surface area (Å²) in [5.74, 6) is -0.608. The lowest BCUT2D eigenvalue weighted by molar-refractivity contribution is -0.384. The normalized spacial score (nSPS) is 10.8. The molecular weight excluding hydrogens is 366 g/mol. The Morgan fingerprint density at radius 2 is 1.57 bits per heavy atom. The summed E-state index contributed by atoms with van der Waals surface area (Å²) in [5.41, 5.74) is 1.15. The lowest BCUT2D eigenvalue weighted by Gasteiger charge is -2.11. The molecule has 0 atom stereocenters. The highest BCUT2D eigenvalue weighted by Crippen LogP contribution is 2.34. The molecule has 1 heterocycles. The molecule has 28 heavy (non-hydrogen) atoms. The van der Waals surface area contributed by atoms with Gasteiger partial charge < -0.3 is 4.74 Å². The first-order valence-corrected chi connectivity index (χ1v) is 8.28. The van der Waals surface area contributed by atoms with Crippen molar-refractivity contribution < 1.29 is 18.4 Å². The number of nitro groups is 1. The number of hydrogen-bond donors (Lipinski definition) is 0. The van der Waals surface area contributed by atoms with E-state index in [0.717, 1.165) is 6.07 Å². The van der Waals surface area contributed by atoms with E-state index in [2.05, 4.69) is 4.98 Å². The van der Waals surface area contributed by atoms with Gasteiger partial charge in [0.25, 0.3) is 5.69 Å². The van der Waals surface area contributed by atoms with Crippen LogP contribution >= 0.6 is 0 Å². The average molecular weight is 378 g/mol. The van der Waals surface area contributed by atoms with Crippen LogP contribution in [0.15, 0.2) is 72.8 Å². The highest BCUT2D eigenvalue weighted by atomic mass is 19.1. The van der Waals surface area contributed by atoms with Crippen molar-refractivity contribution in [2.75, 3.05) is 0 Å². The summed E-state index contributed by atoms with van der Waals surface area (Å²) in [7, 11) is 0. The molecule has 0 spiro atoms. The summed E-state index contributed by atoms with van der Waals surface area (Å²) in [6.07, 6.45) is 0. The number of ether oxygens (including phenoxy) is 1. The molecule has 1 aromatic heterocycles. The molecule has 4 rings (SSSR count). The monoisotopic (exact) mass is 378 g/mol. The van der Waals surface area contributed by atoms with E-state index in [4.69, 9.17) is 4.74 Å². The first-order valence-electron chi connectivity index (χ1n) is 8.28. The molecule has 138 valence electrons. The van der Waals surface area contributed by atoms with Gasteiger partial charge in [0.1, 0.15) is 23.1 Å². The maximum atomic E-state index is 13.6. The smallest absolute Gasteiger partial charge is 0.269 e. The number of aromatic nitrogens is 1. The molecule has 5 nitrogen and oxygen atoms in total. The van der Waals surface area contributed by atoms with Gasteiger partial charge in [-0.05, 0) is 36.4 Å². The van der Waals surface area contributed by atoms with Crippen molar-refractivity contribution in [3.63, 3.8) is 0 Å². The van der Waals surface area contributed by atoms with Crippen molar-refractivity contribution in [2.45, 2.75) is 0 Å². The second-order valence-electron chi connectivity index (χ2n) is 6.03. The molecule has 4 aromatic rings. The number of nitro benzene ring substituents is 1. The zero-order valence-corrected chi connectivity index (χ0v) is 14.3. The highest BCUT2D eigenvalue weighted by molar-refractivity contribution is 5.88. The first kappa shape index (κ1) is 17.5. The van der Waals surface area contributed by atoms with Gasteiger partial charge in [-0.15, -0.1) is 0 Å². The number of pyridine rings is 1. The average Bonchev–Trinajstić information content (AvgIpc) is 2.67. The van der Waals surface area contributed by atoms with Gasteiger partial charge in [-0.3, -0.25) is 10.1 Å². The van der Waals surface area contributed by atoms with Gasteiger partial charge in [-0.25, -0.2) is 13.8 Å². The predicted octanol–water partition coefficient (Wildman–Crippen LogP) is 5.88. The van der Waals surface area contributed by atoms with Crippen molar-refractivity contribution in [3.05, 3.63) is 94.5 Å². The van der Waals surface area contributed by atoms with Gasteiger partial charge in [0.15, 0.2) is 0 Å². The SMILES string of the molecule is O=[N+]([O-])c1ccc(Oc2cc(-c3cc(F)cc(F)c3)nc3ccccc23)cc1. The minimum atomic E-state index is -0.706. The van der Waals surface area contributed by atoms with Crippen molar-refractivity contribution >= 4 is 16.6 Å². The van der Waals surface area contributed by atoms with Crippen LogP contribution in [0.4, 0.5) is 14.5 Å². The Labute approximate surface area is 158 Å². The van der Waals surface area contributed by atoms with E-state index < -0.39 is 16.6 Å². The predicted molar refractivity (Wildman–Crippen MR) is 100 cm³/mol. The van der Waals surface area contributed by atoms with Crippen LogP contribution in [0.1, 0.15) is 0 Å². The fourth-order valence-electron chi connectivity index (χ4n) is 2.84. The van der Waals surface area contributed by atoms with Gasteiger partial charge >= 0.3 is 0 Å². The van der Waals surface area contributed by atoms with Crippen molar-refractivity contribution in [1.82, 2.24) is 4.98 Å². The van der Waals surface area contributed by atoms with Crippen LogP contribution in [0.5, 0.6) is 11.5 Å². The fourth-order valence-corrected chi connectivity index (χ4v) is 2.84. The number of halogens is 2. The Balaban J connectivity index is 1.81. The Bertz CT molecular complexity index is 1170. The van der Waals surface area contributed by atoms with E-state index in [1.165, 1.54) is 36.4 Å². The topological polar surface area (TPSA) is 65.3 Å². The number of nitrogens with zero attached hydrogens (tertiary/aromatic N) is 2. The molecule has 0 aliphatic heterocycles. The zero-order chi connectivity index (χ0) is 19.7. The third-order valence-corrected chi connectivity index (χ3v) is 4.11. The minimum Gasteiger partial charge on any atom is -0.457 e. The van der Waals surface area contributed by atoms with Crippen LogP contribution in [0.2, 0.25) is 0 Å². The Hall–Kier alpha value is -3.87. The second-order valence-corrected chi connectivity index (χ2v) is 6.03. The van der Waals surface area contributed by atoms with Crippen LogP contribution < -0.4 is 4.74 Å². The second kappa shape index (κ2) is 7.03. The maximum Gasteiger partial charge on any atom is 0.269 e. The van der Waals surface area contributed by atoms with E-state index >= 15 is 0 Å². The lowest BCUT2D eigenvalue weighted by Crippen LogP contribution is -1.93. The van der Waals surface area contributed by atoms with Gasteiger partial charge in [0, 0.05) is 35.2 Å². The molecule has 0 saturated heterocycles. The molecule has 0 unspecified atom stereocenters. The van der Waals surface area contributed by atoms with Crippen LogP contribution in [-0.2, 0) is 0 Å². The fraction of sp³-hybridized carbons (Fsp3) is 0. The number of para-hydroxylation sites is 1. The lowest BCUT2D eigenvalue weighted by atomic mass is 10.1. The van der Waals surface area contributed by atoms with Crippen LogP contribution in [0.3, 0.4) is 0 Å². The molecule has 0 aliphatic rings.